The molecule has 21 heavy (non-hydrogen) atoms. The maximum absolute atomic E-state index is 2.57. The second-order valence-electron chi connectivity index (χ2n) is 8.98. The maximum atomic E-state index is 2.57. The molecule has 0 amide bonds. The van der Waals surface area contributed by atoms with E-state index in [1.165, 1.54) is 44.9 Å². The van der Waals surface area contributed by atoms with Crippen molar-refractivity contribution in [3.05, 3.63) is 0 Å². The maximum Gasteiger partial charge on any atom is -0.0300 e. The average molecular weight is 295 g/mol. The fourth-order valence-corrected chi connectivity index (χ4v) is 4.74. The summed E-state index contributed by atoms with van der Waals surface area (Å²) in [4.78, 5) is 0. The minimum absolute atomic E-state index is 0.616. The van der Waals surface area contributed by atoms with E-state index >= 15 is 0 Å². The highest BCUT2D eigenvalue weighted by Crippen LogP contribution is 2.54. The SMILES string of the molecule is CC.CC(C)C1(C)CCCC2CC(C)(C(C)C)CCC2C1. The quantitative estimate of drug-likeness (QED) is 0.500. The summed E-state index contributed by atoms with van der Waals surface area (Å²) in [6.45, 7) is 18.9. The van der Waals surface area contributed by atoms with Crippen molar-refractivity contribution in [1.82, 2.24) is 0 Å². The molecule has 2 rings (SSSR count). The summed E-state index contributed by atoms with van der Waals surface area (Å²) in [5, 5.41) is 0. The molecule has 0 saturated heterocycles. The molecule has 2 aliphatic carbocycles. The van der Waals surface area contributed by atoms with Gasteiger partial charge in [0.05, 0.1) is 0 Å². The van der Waals surface area contributed by atoms with Gasteiger partial charge in [0.1, 0.15) is 0 Å². The Bertz CT molecular complexity index is 303. The molecule has 0 aromatic carbocycles. The first-order valence-electron chi connectivity index (χ1n) is 9.77. The van der Waals surface area contributed by atoms with Crippen molar-refractivity contribution < 1.29 is 0 Å². The second kappa shape index (κ2) is 7.51. The molecule has 0 radical (unpaired) electrons. The van der Waals surface area contributed by atoms with Gasteiger partial charge >= 0.3 is 0 Å². The number of rotatable bonds is 2. The van der Waals surface area contributed by atoms with Crippen LogP contribution in [0, 0.1) is 34.5 Å². The van der Waals surface area contributed by atoms with E-state index in [0.29, 0.717) is 10.8 Å². The largest absolute Gasteiger partial charge is 0.0683 e. The Morgan fingerprint density at radius 1 is 0.714 bits per heavy atom. The standard InChI is InChI=1S/C19H36.C2H6/c1-14(2)18(5)10-7-8-16-12-19(6,15(3)4)11-9-17(16)13-18;1-2/h14-17H,7-13H2,1-6H3;1-2H3. The van der Waals surface area contributed by atoms with E-state index in [1.807, 2.05) is 13.8 Å². The lowest BCUT2D eigenvalue weighted by Crippen LogP contribution is -2.36. The highest BCUT2D eigenvalue weighted by Gasteiger charge is 2.43. The van der Waals surface area contributed by atoms with Crippen LogP contribution in [0.2, 0.25) is 0 Å². The first kappa shape index (κ1) is 19.0. The zero-order valence-corrected chi connectivity index (χ0v) is 16.3. The van der Waals surface area contributed by atoms with Gasteiger partial charge in [-0.3, -0.25) is 0 Å². The third-order valence-corrected chi connectivity index (χ3v) is 7.32. The minimum atomic E-state index is 0.616. The molecule has 0 bridgehead atoms. The van der Waals surface area contributed by atoms with Crippen LogP contribution in [0.25, 0.3) is 0 Å². The molecule has 0 nitrogen and oxygen atoms in total. The first-order chi connectivity index (χ1) is 9.77. The smallest absolute Gasteiger partial charge is 0.0300 e. The van der Waals surface area contributed by atoms with Crippen LogP contribution in [0.1, 0.15) is 100 Å². The fourth-order valence-electron chi connectivity index (χ4n) is 4.74. The van der Waals surface area contributed by atoms with Crippen LogP contribution >= 0.6 is 0 Å². The Balaban J connectivity index is 0.00000106. The van der Waals surface area contributed by atoms with Gasteiger partial charge in [-0.25, -0.2) is 0 Å². The zero-order valence-electron chi connectivity index (χ0n) is 16.3. The van der Waals surface area contributed by atoms with Crippen molar-refractivity contribution in [1.29, 1.82) is 0 Å². The molecule has 4 unspecified atom stereocenters. The van der Waals surface area contributed by atoms with Gasteiger partial charge in [0, 0.05) is 0 Å². The summed E-state index contributed by atoms with van der Waals surface area (Å²) in [5.74, 6) is 3.77. The summed E-state index contributed by atoms with van der Waals surface area (Å²) in [6.07, 6.45) is 10.4. The molecule has 2 saturated carbocycles. The van der Waals surface area contributed by atoms with E-state index in [4.69, 9.17) is 0 Å². The third-order valence-electron chi connectivity index (χ3n) is 7.32. The molecule has 0 spiro atoms. The van der Waals surface area contributed by atoms with Gasteiger partial charge in [0.15, 0.2) is 0 Å². The average Bonchev–Trinajstić information content (AvgIpc) is 2.60. The minimum Gasteiger partial charge on any atom is -0.0683 e. The lowest BCUT2D eigenvalue weighted by Gasteiger charge is -2.46. The Kier molecular flexibility index (Phi) is 6.81. The molecule has 0 heteroatoms. The van der Waals surface area contributed by atoms with Crippen LogP contribution in [-0.2, 0) is 0 Å². The fraction of sp³-hybridized carbons (Fsp3) is 1.00. The van der Waals surface area contributed by atoms with Gasteiger partial charge in [-0.05, 0) is 66.6 Å². The second-order valence-corrected chi connectivity index (χ2v) is 8.98. The van der Waals surface area contributed by atoms with Crippen LogP contribution in [0.15, 0.2) is 0 Å². The molecule has 0 heterocycles. The summed E-state index contributed by atoms with van der Waals surface area (Å²) in [5.41, 5.74) is 1.24. The molecular weight excluding hydrogens is 252 g/mol. The molecule has 0 aliphatic heterocycles. The van der Waals surface area contributed by atoms with Gasteiger partial charge in [-0.2, -0.15) is 0 Å². The predicted octanol–water partition coefficient (Wildman–Crippen LogP) is 7.33. The van der Waals surface area contributed by atoms with E-state index in [1.54, 1.807) is 0 Å². The van der Waals surface area contributed by atoms with Crippen LogP contribution in [-0.4, -0.2) is 0 Å². The van der Waals surface area contributed by atoms with E-state index in [0.717, 1.165) is 23.7 Å². The van der Waals surface area contributed by atoms with Crippen LogP contribution in [0.4, 0.5) is 0 Å². The van der Waals surface area contributed by atoms with Crippen LogP contribution in [0.5, 0.6) is 0 Å². The number of hydrogen-bond donors (Lipinski definition) is 0. The van der Waals surface area contributed by atoms with Crippen LogP contribution in [0.3, 0.4) is 0 Å². The van der Waals surface area contributed by atoms with Crippen molar-refractivity contribution in [2.75, 3.05) is 0 Å². The monoisotopic (exact) mass is 294 g/mol. The topological polar surface area (TPSA) is 0 Å². The van der Waals surface area contributed by atoms with Crippen molar-refractivity contribution in [3.63, 3.8) is 0 Å². The molecule has 2 fully saturated rings. The zero-order chi connectivity index (χ0) is 16.3. The van der Waals surface area contributed by atoms with Crippen molar-refractivity contribution in [2.45, 2.75) is 100 Å². The Labute approximate surface area is 135 Å². The van der Waals surface area contributed by atoms with Gasteiger partial charge in [-0.15, -0.1) is 0 Å². The van der Waals surface area contributed by atoms with Crippen molar-refractivity contribution >= 4 is 0 Å². The van der Waals surface area contributed by atoms with Crippen molar-refractivity contribution in [2.24, 2.45) is 34.5 Å². The van der Waals surface area contributed by atoms with E-state index in [9.17, 15) is 0 Å². The normalized spacial score (nSPS) is 40.3. The Hall–Kier alpha value is 0. The highest BCUT2D eigenvalue weighted by atomic mass is 14.5. The molecule has 0 aromatic heterocycles. The molecule has 2 aliphatic rings. The Morgan fingerprint density at radius 3 is 1.62 bits per heavy atom. The summed E-state index contributed by atoms with van der Waals surface area (Å²) in [7, 11) is 0. The molecule has 0 N–H and O–H groups in total. The van der Waals surface area contributed by atoms with Gasteiger partial charge in [0.2, 0.25) is 0 Å². The van der Waals surface area contributed by atoms with Crippen LogP contribution < -0.4 is 0 Å². The lowest BCUT2D eigenvalue weighted by atomic mass is 9.59. The number of hydrogen-bond acceptors (Lipinski definition) is 0. The molecule has 0 aromatic rings. The highest BCUT2D eigenvalue weighted by molar-refractivity contribution is 4.94. The van der Waals surface area contributed by atoms with Gasteiger partial charge in [0.25, 0.3) is 0 Å². The first-order valence-corrected chi connectivity index (χ1v) is 9.77. The van der Waals surface area contributed by atoms with Gasteiger partial charge < -0.3 is 0 Å². The lowest BCUT2D eigenvalue weighted by molar-refractivity contribution is 0.0393. The molecular formula is C21H42. The number of fused-ring (bicyclic) bond motifs is 1. The Morgan fingerprint density at radius 2 is 1.14 bits per heavy atom. The van der Waals surface area contributed by atoms with Crippen molar-refractivity contribution in [3.8, 4) is 0 Å². The summed E-state index contributed by atoms with van der Waals surface area (Å²) < 4.78 is 0. The predicted molar refractivity (Wildman–Crippen MR) is 96.5 cm³/mol. The summed E-state index contributed by atoms with van der Waals surface area (Å²) >= 11 is 0. The van der Waals surface area contributed by atoms with E-state index in [2.05, 4.69) is 41.5 Å². The molecule has 126 valence electrons. The molecule has 4 atom stereocenters. The van der Waals surface area contributed by atoms with Gasteiger partial charge in [-0.1, -0.05) is 68.2 Å². The third kappa shape index (κ3) is 4.26. The van der Waals surface area contributed by atoms with E-state index in [-0.39, 0.29) is 0 Å². The summed E-state index contributed by atoms with van der Waals surface area (Å²) in [6, 6.07) is 0. The van der Waals surface area contributed by atoms with E-state index < -0.39 is 0 Å².